The first-order valence-electron chi connectivity index (χ1n) is 17.3. The highest BCUT2D eigenvalue weighted by Crippen LogP contribution is 2.56. The lowest BCUT2D eigenvalue weighted by atomic mass is 9.74. The van der Waals surface area contributed by atoms with Gasteiger partial charge in [-0.2, -0.15) is 0 Å². The van der Waals surface area contributed by atoms with Crippen molar-refractivity contribution in [2.24, 2.45) is 11.8 Å². The van der Waals surface area contributed by atoms with E-state index in [4.69, 9.17) is 25.8 Å². The summed E-state index contributed by atoms with van der Waals surface area (Å²) in [7, 11) is 1.51. The number of hydrogen-bond acceptors (Lipinski definition) is 8. The minimum absolute atomic E-state index is 0.0172. The van der Waals surface area contributed by atoms with Crippen LogP contribution in [0.1, 0.15) is 49.3 Å². The number of benzene rings is 2. The number of nitrogens with one attached hydrogen (secondary N) is 1. The number of carbonyl (C=O) groups excluding carboxylic acids is 4. The van der Waals surface area contributed by atoms with Gasteiger partial charge in [0.05, 0.1) is 35.4 Å². The number of anilines is 1. The zero-order valence-corrected chi connectivity index (χ0v) is 29.1. The number of ether oxygens (including phenoxy) is 3. The van der Waals surface area contributed by atoms with Crippen molar-refractivity contribution in [2.45, 2.75) is 68.9 Å². The largest absolute Gasteiger partial charge is 0.455 e. The maximum absolute atomic E-state index is 15.0. The Balaban J connectivity index is 1.46. The van der Waals surface area contributed by atoms with Crippen LogP contribution in [0.15, 0.2) is 72.8 Å². The summed E-state index contributed by atoms with van der Waals surface area (Å²) in [5.41, 5.74) is 0.500. The number of aliphatic hydroxyl groups excluding tert-OH is 1. The highest BCUT2D eigenvalue weighted by atomic mass is 35.5. The van der Waals surface area contributed by atoms with Gasteiger partial charge in [-0.1, -0.05) is 78.4 Å². The Hall–Kier alpha value is -4.03. The van der Waals surface area contributed by atoms with Gasteiger partial charge in [0.25, 0.3) is 5.91 Å². The molecule has 3 amide bonds. The molecule has 0 aliphatic carbocycles. The van der Waals surface area contributed by atoms with E-state index in [1.54, 1.807) is 34.1 Å². The number of likely N-dealkylation sites (tertiary alicyclic amines) is 1. The van der Waals surface area contributed by atoms with Crippen LogP contribution in [0.2, 0.25) is 5.02 Å². The quantitative estimate of drug-likeness (QED) is 0.227. The average molecular weight is 706 g/mol. The Morgan fingerprint density at radius 3 is 2.56 bits per heavy atom. The molecule has 0 saturated carbocycles. The number of aliphatic hydroxyl groups is 1. The molecule has 2 aromatic carbocycles. The Morgan fingerprint density at radius 2 is 1.82 bits per heavy atom. The van der Waals surface area contributed by atoms with Crippen LogP contribution in [0.3, 0.4) is 0 Å². The molecule has 0 unspecified atom stereocenters. The van der Waals surface area contributed by atoms with E-state index >= 15 is 4.79 Å². The molecule has 2 saturated heterocycles. The Morgan fingerprint density at radius 1 is 1.02 bits per heavy atom. The lowest BCUT2D eigenvalue weighted by Gasteiger charge is -2.36. The first-order valence-corrected chi connectivity index (χ1v) is 17.6. The van der Waals surface area contributed by atoms with Crippen LogP contribution in [-0.4, -0.2) is 90.9 Å². The molecular weight excluding hydrogens is 662 g/mol. The zero-order valence-electron chi connectivity index (χ0n) is 28.3. The van der Waals surface area contributed by atoms with Gasteiger partial charge in [0.2, 0.25) is 11.8 Å². The second-order valence-corrected chi connectivity index (χ2v) is 13.7. The van der Waals surface area contributed by atoms with Gasteiger partial charge in [0, 0.05) is 33.2 Å². The van der Waals surface area contributed by atoms with E-state index in [9.17, 15) is 19.5 Å². The number of fused-ring (bicyclic) bond motifs is 2. The molecular formula is C38H44ClN3O8. The molecule has 266 valence electrons. The molecule has 2 aromatic rings. The minimum atomic E-state index is -1.42. The van der Waals surface area contributed by atoms with Gasteiger partial charge in [-0.3, -0.25) is 19.2 Å². The van der Waals surface area contributed by atoms with E-state index in [-0.39, 0.29) is 44.5 Å². The molecule has 0 radical (unpaired) electrons. The monoisotopic (exact) mass is 705 g/mol. The first-order chi connectivity index (χ1) is 24.2. The van der Waals surface area contributed by atoms with Crippen molar-refractivity contribution in [2.75, 3.05) is 38.3 Å². The summed E-state index contributed by atoms with van der Waals surface area (Å²) in [4.78, 5) is 60.4. The van der Waals surface area contributed by atoms with Gasteiger partial charge in [-0.25, -0.2) is 0 Å². The number of para-hydroxylation sites is 1. The summed E-state index contributed by atoms with van der Waals surface area (Å²) >= 11 is 6.75. The topological polar surface area (TPSA) is 135 Å². The second-order valence-electron chi connectivity index (χ2n) is 13.3. The summed E-state index contributed by atoms with van der Waals surface area (Å²) in [5, 5.41) is 12.8. The highest BCUT2D eigenvalue weighted by Gasteiger charge is 2.73. The third-order valence-corrected chi connectivity index (χ3v) is 10.4. The molecule has 4 heterocycles. The summed E-state index contributed by atoms with van der Waals surface area (Å²) in [6.07, 6.45) is 7.71. The van der Waals surface area contributed by atoms with Crippen LogP contribution in [0.4, 0.5) is 5.69 Å². The van der Waals surface area contributed by atoms with Gasteiger partial charge < -0.3 is 34.4 Å². The van der Waals surface area contributed by atoms with Crippen molar-refractivity contribution in [3.63, 3.8) is 0 Å². The molecule has 2 N–H and O–H groups in total. The number of halogens is 1. The standard InChI is InChI=1S/C38H44ClN3O8/c1-24-13-12-16-26(39)32(24)41-20-9-4-8-17-29(44)40-27(23-48-2)33(25-14-6-3-7-15-25)49-37(47)30-28-18-19-38(50-28)31(30)35(45)42(34(38)36(41)46)21-10-5-11-22-43/h3-4,6-7,9,12-16,18-19,27-28,30-31,33-34,43H,5,8,10-11,17,20-23H2,1-2H3,(H,40,44)/b9-4-/t27-,28+,30-,31-,33-,34+,38-/m0/s1. The average Bonchev–Trinajstić information content (AvgIpc) is 3.75. The number of aryl methyl sites for hydroxylation is 1. The number of amides is 3. The predicted molar refractivity (Wildman–Crippen MR) is 186 cm³/mol. The molecule has 5 bridgehead atoms. The SMILES string of the molecule is COC[C@@H]1NC(=O)CC/C=C\CN(c2c(C)cccc2Cl)C(=O)[C@H]2N(CCCCCO)C(=O)[C@@H]3[C@@H](C(=O)O[C@H]1c1ccccc1)[C@H]1C=C[C@]32O1. The van der Waals surface area contributed by atoms with Crippen LogP contribution >= 0.6 is 11.6 Å². The van der Waals surface area contributed by atoms with E-state index in [2.05, 4.69) is 5.32 Å². The summed E-state index contributed by atoms with van der Waals surface area (Å²) < 4.78 is 18.4. The third-order valence-electron chi connectivity index (χ3n) is 10.1. The van der Waals surface area contributed by atoms with Gasteiger partial charge >= 0.3 is 5.97 Å². The van der Waals surface area contributed by atoms with Gasteiger partial charge in [0.15, 0.2) is 0 Å². The van der Waals surface area contributed by atoms with Crippen LogP contribution in [0, 0.1) is 18.8 Å². The normalized spacial score (nSPS) is 30.4. The number of hydrogen-bond donors (Lipinski definition) is 2. The summed E-state index contributed by atoms with van der Waals surface area (Å²) in [6.45, 7) is 2.30. The molecule has 6 rings (SSSR count). The molecule has 2 fully saturated rings. The number of carbonyl (C=O) groups is 4. The molecule has 1 spiro atoms. The number of allylic oxidation sites excluding steroid dienone is 1. The minimum Gasteiger partial charge on any atom is -0.455 e. The fourth-order valence-electron chi connectivity index (χ4n) is 7.84. The van der Waals surface area contributed by atoms with Crippen molar-refractivity contribution >= 4 is 41.0 Å². The van der Waals surface area contributed by atoms with E-state index in [1.807, 2.05) is 55.5 Å². The zero-order chi connectivity index (χ0) is 35.4. The third kappa shape index (κ3) is 6.71. The van der Waals surface area contributed by atoms with Crippen molar-refractivity contribution < 1.29 is 38.5 Å². The number of esters is 1. The Kier molecular flexibility index (Phi) is 11.1. The van der Waals surface area contributed by atoms with Crippen molar-refractivity contribution in [1.29, 1.82) is 0 Å². The smallest absolute Gasteiger partial charge is 0.313 e. The number of nitrogens with zero attached hydrogens (tertiary/aromatic N) is 2. The van der Waals surface area contributed by atoms with Gasteiger partial charge in [0.1, 0.15) is 23.7 Å². The van der Waals surface area contributed by atoms with E-state index in [0.29, 0.717) is 42.0 Å². The molecule has 4 aliphatic heterocycles. The number of rotatable bonds is 9. The van der Waals surface area contributed by atoms with Crippen molar-refractivity contribution in [3.05, 3.63) is 89.0 Å². The van der Waals surface area contributed by atoms with Crippen LogP contribution in [0.5, 0.6) is 0 Å². The maximum Gasteiger partial charge on any atom is 0.313 e. The molecule has 7 atom stereocenters. The van der Waals surface area contributed by atoms with E-state index in [1.165, 1.54) is 7.11 Å². The lowest BCUT2D eigenvalue weighted by Crippen LogP contribution is -2.56. The van der Waals surface area contributed by atoms with E-state index < -0.39 is 53.6 Å². The number of unbranched alkanes of at least 4 members (excludes halogenated alkanes) is 2. The highest BCUT2D eigenvalue weighted by molar-refractivity contribution is 6.34. The number of methoxy groups -OCH3 is 1. The second kappa shape index (κ2) is 15.5. The fraction of sp³-hybridized carbons (Fsp3) is 0.474. The molecule has 0 aromatic heterocycles. The maximum atomic E-state index is 15.0. The van der Waals surface area contributed by atoms with Gasteiger partial charge in [-0.15, -0.1) is 0 Å². The van der Waals surface area contributed by atoms with Crippen molar-refractivity contribution in [1.82, 2.24) is 10.2 Å². The summed E-state index contributed by atoms with van der Waals surface area (Å²) in [6, 6.07) is 12.7. The van der Waals surface area contributed by atoms with Crippen LogP contribution < -0.4 is 10.2 Å². The molecule has 11 nitrogen and oxygen atoms in total. The van der Waals surface area contributed by atoms with Crippen LogP contribution in [0.25, 0.3) is 0 Å². The van der Waals surface area contributed by atoms with E-state index in [0.717, 1.165) is 5.56 Å². The fourth-order valence-corrected chi connectivity index (χ4v) is 8.16. The molecule has 12 heteroatoms. The Labute approximate surface area is 297 Å². The van der Waals surface area contributed by atoms with Crippen molar-refractivity contribution in [3.8, 4) is 0 Å². The number of cyclic esters (lactones) is 1. The first kappa shape index (κ1) is 35.8. The van der Waals surface area contributed by atoms with Crippen LogP contribution in [-0.2, 0) is 33.4 Å². The molecule has 4 aliphatic rings. The molecule has 50 heavy (non-hydrogen) atoms. The summed E-state index contributed by atoms with van der Waals surface area (Å²) in [5.74, 6) is -3.75. The van der Waals surface area contributed by atoms with Gasteiger partial charge in [-0.05, 0) is 49.8 Å². The predicted octanol–water partition coefficient (Wildman–Crippen LogP) is 4.06. The lowest BCUT2D eigenvalue weighted by molar-refractivity contribution is -0.162. The Bertz CT molecular complexity index is 1630.